The highest BCUT2D eigenvalue weighted by Crippen LogP contribution is 2.32. The van der Waals surface area contributed by atoms with E-state index < -0.39 is 6.04 Å². The summed E-state index contributed by atoms with van der Waals surface area (Å²) in [5.41, 5.74) is 4.98. The molecule has 0 aliphatic carbocycles. The Morgan fingerprint density at radius 2 is 1.82 bits per heavy atom. The van der Waals surface area contributed by atoms with E-state index in [1.54, 1.807) is 24.4 Å². The lowest BCUT2D eigenvalue weighted by Crippen LogP contribution is -2.48. The number of nitrogens with one attached hydrogen (secondary N) is 2. The normalized spacial score (nSPS) is 13.8. The van der Waals surface area contributed by atoms with Crippen molar-refractivity contribution in [3.05, 3.63) is 59.8 Å². The van der Waals surface area contributed by atoms with Crippen LogP contribution in [0.5, 0.6) is 11.5 Å². The standard InChI is InChI=1S/C25H28N4O4/c1-15(2)23(27-24(30)17-9-10-21-22(11-17)33-14-32-21)25(31)28-26-12-18-13-29(16(3)4)20-8-6-5-7-19(18)20/h5-13,15-16,23H,14H2,1-4H3,(H,27,30)(H,28,31)/b26-12-/t23-/m0/s1. The third-order valence-electron chi connectivity index (χ3n) is 5.58. The maximum absolute atomic E-state index is 12.8. The van der Waals surface area contributed by atoms with Gasteiger partial charge in [0.15, 0.2) is 11.5 Å². The van der Waals surface area contributed by atoms with Crippen LogP contribution in [0.1, 0.15) is 49.7 Å². The number of benzene rings is 2. The van der Waals surface area contributed by atoms with Gasteiger partial charge in [-0.1, -0.05) is 32.0 Å². The largest absolute Gasteiger partial charge is 0.454 e. The van der Waals surface area contributed by atoms with Crippen LogP contribution in [-0.2, 0) is 4.79 Å². The molecular weight excluding hydrogens is 420 g/mol. The van der Waals surface area contributed by atoms with Crippen molar-refractivity contribution in [1.29, 1.82) is 0 Å². The molecule has 1 atom stereocenters. The van der Waals surface area contributed by atoms with E-state index in [0.717, 1.165) is 16.5 Å². The number of hydrogen-bond acceptors (Lipinski definition) is 5. The van der Waals surface area contributed by atoms with Crippen LogP contribution in [0.15, 0.2) is 53.8 Å². The highest BCUT2D eigenvalue weighted by Gasteiger charge is 2.25. The Balaban J connectivity index is 1.45. The van der Waals surface area contributed by atoms with E-state index >= 15 is 0 Å². The van der Waals surface area contributed by atoms with Crippen molar-refractivity contribution in [2.75, 3.05) is 6.79 Å². The Morgan fingerprint density at radius 3 is 2.58 bits per heavy atom. The zero-order valence-electron chi connectivity index (χ0n) is 19.2. The van der Waals surface area contributed by atoms with Gasteiger partial charge in [0.2, 0.25) is 6.79 Å². The molecule has 2 aromatic carbocycles. The summed E-state index contributed by atoms with van der Waals surface area (Å²) < 4.78 is 12.8. The number of carbonyl (C=O) groups excluding carboxylic acids is 2. The molecule has 2 amide bonds. The Bertz CT molecular complexity index is 1210. The van der Waals surface area contributed by atoms with Crippen molar-refractivity contribution >= 4 is 28.9 Å². The van der Waals surface area contributed by atoms with Gasteiger partial charge < -0.3 is 19.4 Å². The Labute approximate surface area is 192 Å². The van der Waals surface area contributed by atoms with E-state index in [1.807, 2.05) is 38.2 Å². The quantitative estimate of drug-likeness (QED) is 0.424. The molecule has 0 saturated carbocycles. The number of amides is 2. The van der Waals surface area contributed by atoms with Gasteiger partial charge in [-0.15, -0.1) is 0 Å². The maximum Gasteiger partial charge on any atom is 0.262 e. The van der Waals surface area contributed by atoms with Gasteiger partial charge >= 0.3 is 0 Å². The molecule has 33 heavy (non-hydrogen) atoms. The first-order chi connectivity index (χ1) is 15.8. The summed E-state index contributed by atoms with van der Waals surface area (Å²) in [5, 5.41) is 8.02. The van der Waals surface area contributed by atoms with Gasteiger partial charge in [0.25, 0.3) is 11.8 Å². The minimum Gasteiger partial charge on any atom is -0.454 e. The van der Waals surface area contributed by atoms with Crippen LogP contribution in [0.4, 0.5) is 0 Å². The number of para-hydroxylation sites is 1. The van der Waals surface area contributed by atoms with Crippen LogP contribution in [0.2, 0.25) is 0 Å². The van der Waals surface area contributed by atoms with Crippen molar-refractivity contribution in [3.8, 4) is 11.5 Å². The van der Waals surface area contributed by atoms with Crippen LogP contribution in [-0.4, -0.2) is 35.4 Å². The summed E-state index contributed by atoms with van der Waals surface area (Å²) in [6.45, 7) is 8.09. The number of ether oxygens (including phenoxy) is 2. The molecule has 0 bridgehead atoms. The first-order valence-corrected chi connectivity index (χ1v) is 11.0. The molecule has 0 spiro atoms. The van der Waals surface area contributed by atoms with Crippen molar-refractivity contribution in [2.24, 2.45) is 11.0 Å². The summed E-state index contributed by atoms with van der Waals surface area (Å²) >= 11 is 0. The topological polar surface area (TPSA) is 93.9 Å². The predicted octanol–water partition coefficient (Wildman–Crippen LogP) is 3.86. The second-order valence-corrected chi connectivity index (χ2v) is 8.60. The van der Waals surface area contributed by atoms with Gasteiger partial charge in [-0.3, -0.25) is 9.59 Å². The number of rotatable bonds is 7. The van der Waals surface area contributed by atoms with E-state index in [2.05, 4.69) is 40.3 Å². The smallest absolute Gasteiger partial charge is 0.262 e. The van der Waals surface area contributed by atoms with E-state index in [-0.39, 0.29) is 24.5 Å². The zero-order valence-corrected chi connectivity index (χ0v) is 19.2. The van der Waals surface area contributed by atoms with Gasteiger partial charge in [-0.2, -0.15) is 5.10 Å². The van der Waals surface area contributed by atoms with E-state index in [4.69, 9.17) is 9.47 Å². The lowest BCUT2D eigenvalue weighted by Gasteiger charge is -2.20. The van der Waals surface area contributed by atoms with Gasteiger partial charge in [0, 0.05) is 34.3 Å². The Hall–Kier alpha value is -3.81. The van der Waals surface area contributed by atoms with Gasteiger partial charge in [0.1, 0.15) is 6.04 Å². The molecule has 2 heterocycles. The number of nitrogens with zero attached hydrogens (tertiary/aromatic N) is 2. The SMILES string of the molecule is CC(C)[C@H](NC(=O)c1ccc2c(c1)OCO2)C(=O)N/N=C\c1cn(C(C)C)c2ccccc12. The number of fused-ring (bicyclic) bond motifs is 2. The molecule has 0 saturated heterocycles. The average molecular weight is 449 g/mol. The monoisotopic (exact) mass is 448 g/mol. The Morgan fingerprint density at radius 1 is 1.06 bits per heavy atom. The third kappa shape index (κ3) is 4.69. The van der Waals surface area contributed by atoms with Crippen molar-refractivity contribution in [2.45, 2.75) is 39.8 Å². The molecule has 1 aromatic heterocycles. The summed E-state index contributed by atoms with van der Waals surface area (Å²) in [6, 6.07) is 12.5. The fraction of sp³-hybridized carbons (Fsp3) is 0.320. The first-order valence-electron chi connectivity index (χ1n) is 11.0. The second kappa shape index (κ2) is 9.36. The van der Waals surface area contributed by atoms with E-state index in [9.17, 15) is 9.59 Å². The lowest BCUT2D eigenvalue weighted by atomic mass is 10.0. The highest BCUT2D eigenvalue weighted by molar-refractivity contribution is 6.00. The average Bonchev–Trinajstić information content (AvgIpc) is 3.41. The minimum absolute atomic E-state index is 0.130. The summed E-state index contributed by atoms with van der Waals surface area (Å²) in [6.07, 6.45) is 3.66. The van der Waals surface area contributed by atoms with Gasteiger partial charge in [-0.25, -0.2) is 5.43 Å². The zero-order chi connectivity index (χ0) is 23.5. The highest BCUT2D eigenvalue weighted by atomic mass is 16.7. The molecule has 0 fully saturated rings. The van der Waals surface area contributed by atoms with E-state index in [0.29, 0.717) is 23.1 Å². The number of hydrazone groups is 1. The van der Waals surface area contributed by atoms with Crippen molar-refractivity contribution in [3.63, 3.8) is 0 Å². The summed E-state index contributed by atoms with van der Waals surface area (Å²) in [5.74, 6) is 0.214. The van der Waals surface area contributed by atoms with Gasteiger partial charge in [-0.05, 0) is 44.0 Å². The molecule has 3 aromatic rings. The molecule has 172 valence electrons. The molecule has 1 aliphatic rings. The van der Waals surface area contributed by atoms with Crippen LogP contribution in [0.25, 0.3) is 10.9 Å². The number of carbonyl (C=O) groups is 2. The fourth-order valence-electron chi connectivity index (χ4n) is 3.79. The molecular formula is C25H28N4O4. The second-order valence-electron chi connectivity index (χ2n) is 8.60. The van der Waals surface area contributed by atoms with Gasteiger partial charge in [0.05, 0.1) is 6.21 Å². The fourth-order valence-corrected chi connectivity index (χ4v) is 3.79. The minimum atomic E-state index is -0.753. The van der Waals surface area contributed by atoms with Crippen molar-refractivity contribution < 1.29 is 19.1 Å². The summed E-state index contributed by atoms with van der Waals surface area (Å²) in [7, 11) is 0. The Kier molecular flexibility index (Phi) is 6.35. The van der Waals surface area contributed by atoms with Crippen molar-refractivity contribution in [1.82, 2.24) is 15.3 Å². The van der Waals surface area contributed by atoms with Crippen LogP contribution < -0.4 is 20.2 Å². The molecule has 8 heteroatoms. The lowest BCUT2D eigenvalue weighted by molar-refractivity contribution is -0.123. The molecule has 1 aliphatic heterocycles. The molecule has 0 radical (unpaired) electrons. The van der Waals surface area contributed by atoms with Crippen LogP contribution >= 0.6 is 0 Å². The third-order valence-corrected chi connectivity index (χ3v) is 5.58. The number of aromatic nitrogens is 1. The van der Waals surface area contributed by atoms with Crippen LogP contribution in [0, 0.1) is 5.92 Å². The number of hydrogen-bond donors (Lipinski definition) is 2. The molecule has 2 N–H and O–H groups in total. The van der Waals surface area contributed by atoms with E-state index in [1.165, 1.54) is 0 Å². The first kappa shape index (κ1) is 22.4. The maximum atomic E-state index is 12.8. The molecule has 8 nitrogen and oxygen atoms in total. The molecule has 4 rings (SSSR count). The predicted molar refractivity (Wildman–Crippen MR) is 127 cm³/mol. The molecule has 0 unspecified atom stereocenters. The van der Waals surface area contributed by atoms with Crippen LogP contribution in [0.3, 0.4) is 0 Å². The summed E-state index contributed by atoms with van der Waals surface area (Å²) in [4.78, 5) is 25.6.